The maximum absolute atomic E-state index is 2.65. The molecule has 0 aliphatic carbocycles. The summed E-state index contributed by atoms with van der Waals surface area (Å²) in [6.45, 7) is 7.32. The smallest absolute Gasteiger partial charge is 0.00669 e. The van der Waals surface area contributed by atoms with E-state index in [1.165, 1.54) is 45.2 Å². The number of nitrogens with zero attached hydrogens (tertiary/aromatic N) is 1. The van der Waals surface area contributed by atoms with Crippen molar-refractivity contribution in [3.8, 4) is 0 Å². The Balaban J connectivity index is 2.18. The minimum atomic E-state index is 0.857. The molecule has 1 atom stereocenters. The van der Waals surface area contributed by atoms with Crippen LogP contribution < -0.4 is 0 Å². The number of unbranched alkanes of at least 4 members (excludes halogenated alkanes) is 1. The van der Waals surface area contributed by atoms with Crippen LogP contribution >= 0.6 is 0 Å². The quantitative estimate of drug-likeness (QED) is 0.605. The first-order chi connectivity index (χ1) is 5.34. The van der Waals surface area contributed by atoms with E-state index in [0.717, 1.165) is 6.04 Å². The van der Waals surface area contributed by atoms with Crippen LogP contribution in [-0.2, 0) is 0 Å². The molecule has 1 unspecified atom stereocenters. The molecule has 1 rings (SSSR count). The summed E-state index contributed by atoms with van der Waals surface area (Å²) in [6, 6.07) is 0.857. The van der Waals surface area contributed by atoms with Crippen molar-refractivity contribution in [3.63, 3.8) is 0 Å². The van der Waals surface area contributed by atoms with E-state index in [-0.39, 0.29) is 0 Å². The summed E-state index contributed by atoms with van der Waals surface area (Å²) in [6.07, 6.45) is 7.01. The first-order valence-corrected chi connectivity index (χ1v) is 5.08. The molecule has 0 aromatic heterocycles. The lowest BCUT2D eigenvalue weighted by molar-refractivity contribution is 0.158. The molecule has 0 spiro atoms. The molecule has 1 heterocycles. The molecule has 0 aromatic rings. The maximum atomic E-state index is 2.65. The fourth-order valence-electron chi connectivity index (χ4n) is 1.85. The molecular weight excluding hydrogens is 134 g/mol. The summed E-state index contributed by atoms with van der Waals surface area (Å²) in [7, 11) is 0. The van der Waals surface area contributed by atoms with Crippen LogP contribution in [0.4, 0.5) is 0 Å². The van der Waals surface area contributed by atoms with Gasteiger partial charge in [0.15, 0.2) is 0 Å². The second kappa shape index (κ2) is 4.76. The van der Waals surface area contributed by atoms with Gasteiger partial charge in [-0.2, -0.15) is 0 Å². The molecule has 1 aliphatic rings. The highest BCUT2D eigenvalue weighted by Gasteiger charge is 2.16. The van der Waals surface area contributed by atoms with Crippen LogP contribution in [0.3, 0.4) is 0 Å². The van der Waals surface area contributed by atoms with Gasteiger partial charge in [-0.05, 0) is 39.3 Å². The topological polar surface area (TPSA) is 3.24 Å². The minimum Gasteiger partial charge on any atom is -0.301 e. The van der Waals surface area contributed by atoms with E-state index in [2.05, 4.69) is 18.7 Å². The van der Waals surface area contributed by atoms with Gasteiger partial charge in [0.2, 0.25) is 0 Å². The molecular formula is C10H21N. The second-order valence-electron chi connectivity index (χ2n) is 3.73. The van der Waals surface area contributed by atoms with Crippen molar-refractivity contribution < 1.29 is 0 Å². The molecule has 0 amide bonds. The highest BCUT2D eigenvalue weighted by Crippen LogP contribution is 2.16. The lowest BCUT2D eigenvalue weighted by atomic mass is 10.0. The van der Waals surface area contributed by atoms with Crippen LogP contribution in [0.2, 0.25) is 0 Å². The number of hydrogen-bond donors (Lipinski definition) is 0. The van der Waals surface area contributed by atoms with Gasteiger partial charge in [0.05, 0.1) is 0 Å². The summed E-state index contributed by atoms with van der Waals surface area (Å²) in [5, 5.41) is 0. The molecule has 1 nitrogen and oxygen atoms in total. The van der Waals surface area contributed by atoms with Crippen LogP contribution in [0.1, 0.15) is 46.0 Å². The third kappa shape index (κ3) is 2.82. The Bertz CT molecular complexity index is 101. The molecule has 0 aromatic carbocycles. The predicted molar refractivity (Wildman–Crippen MR) is 49.8 cm³/mol. The average molecular weight is 155 g/mol. The number of rotatable bonds is 3. The molecule has 0 N–H and O–H groups in total. The molecule has 1 saturated heterocycles. The predicted octanol–water partition coefficient (Wildman–Crippen LogP) is 2.66. The molecule has 66 valence electrons. The summed E-state index contributed by atoms with van der Waals surface area (Å²) < 4.78 is 0. The van der Waals surface area contributed by atoms with Crippen LogP contribution in [-0.4, -0.2) is 24.0 Å². The van der Waals surface area contributed by atoms with Crippen molar-refractivity contribution in [1.82, 2.24) is 4.90 Å². The van der Waals surface area contributed by atoms with Gasteiger partial charge in [0.1, 0.15) is 0 Å². The van der Waals surface area contributed by atoms with Gasteiger partial charge < -0.3 is 4.90 Å². The Morgan fingerprint density at radius 2 is 2.18 bits per heavy atom. The van der Waals surface area contributed by atoms with Gasteiger partial charge in [0.25, 0.3) is 0 Å². The SMILES string of the molecule is CCCCN1CCCCC1C. The molecule has 1 aliphatic heterocycles. The van der Waals surface area contributed by atoms with E-state index < -0.39 is 0 Å². The Kier molecular flexibility index (Phi) is 3.92. The number of likely N-dealkylation sites (tertiary alicyclic amines) is 1. The summed E-state index contributed by atoms with van der Waals surface area (Å²) >= 11 is 0. The monoisotopic (exact) mass is 155 g/mol. The van der Waals surface area contributed by atoms with Gasteiger partial charge in [-0.25, -0.2) is 0 Å². The van der Waals surface area contributed by atoms with E-state index in [9.17, 15) is 0 Å². The van der Waals surface area contributed by atoms with E-state index in [0.29, 0.717) is 0 Å². The Morgan fingerprint density at radius 3 is 2.82 bits per heavy atom. The minimum absolute atomic E-state index is 0.857. The van der Waals surface area contributed by atoms with E-state index in [1.807, 2.05) is 0 Å². The van der Waals surface area contributed by atoms with Crippen LogP contribution in [0, 0.1) is 0 Å². The Labute approximate surface area is 70.8 Å². The molecule has 0 saturated carbocycles. The summed E-state index contributed by atoms with van der Waals surface area (Å²) in [5.41, 5.74) is 0. The lowest BCUT2D eigenvalue weighted by Gasteiger charge is -2.33. The third-order valence-electron chi connectivity index (χ3n) is 2.74. The molecule has 11 heavy (non-hydrogen) atoms. The van der Waals surface area contributed by atoms with Crippen molar-refractivity contribution >= 4 is 0 Å². The van der Waals surface area contributed by atoms with Gasteiger partial charge in [-0.15, -0.1) is 0 Å². The van der Waals surface area contributed by atoms with Gasteiger partial charge >= 0.3 is 0 Å². The molecule has 0 radical (unpaired) electrons. The zero-order valence-corrected chi connectivity index (χ0v) is 7.97. The molecule has 0 bridgehead atoms. The van der Waals surface area contributed by atoms with Gasteiger partial charge in [-0.3, -0.25) is 0 Å². The largest absolute Gasteiger partial charge is 0.301 e. The van der Waals surface area contributed by atoms with E-state index in [1.54, 1.807) is 0 Å². The zero-order chi connectivity index (χ0) is 8.10. The van der Waals surface area contributed by atoms with Crippen molar-refractivity contribution in [2.24, 2.45) is 0 Å². The summed E-state index contributed by atoms with van der Waals surface area (Å²) in [5.74, 6) is 0. The zero-order valence-electron chi connectivity index (χ0n) is 7.97. The van der Waals surface area contributed by atoms with Crippen molar-refractivity contribution in [3.05, 3.63) is 0 Å². The van der Waals surface area contributed by atoms with Crippen LogP contribution in [0.15, 0.2) is 0 Å². The van der Waals surface area contributed by atoms with Crippen LogP contribution in [0.5, 0.6) is 0 Å². The van der Waals surface area contributed by atoms with Crippen molar-refractivity contribution in [2.75, 3.05) is 13.1 Å². The normalized spacial score (nSPS) is 27.3. The molecule has 1 heteroatoms. The fraction of sp³-hybridized carbons (Fsp3) is 1.00. The fourth-order valence-corrected chi connectivity index (χ4v) is 1.85. The van der Waals surface area contributed by atoms with E-state index in [4.69, 9.17) is 0 Å². The standard InChI is InChI=1S/C10H21N/c1-3-4-8-11-9-6-5-7-10(11)2/h10H,3-9H2,1-2H3. The summed E-state index contributed by atoms with van der Waals surface area (Å²) in [4.78, 5) is 2.65. The maximum Gasteiger partial charge on any atom is 0.00669 e. The lowest BCUT2D eigenvalue weighted by Crippen LogP contribution is -2.37. The van der Waals surface area contributed by atoms with Gasteiger partial charge in [-0.1, -0.05) is 19.8 Å². The number of hydrogen-bond acceptors (Lipinski definition) is 1. The second-order valence-corrected chi connectivity index (χ2v) is 3.73. The highest BCUT2D eigenvalue weighted by atomic mass is 15.1. The van der Waals surface area contributed by atoms with Crippen molar-refractivity contribution in [1.29, 1.82) is 0 Å². The molecule has 1 fully saturated rings. The van der Waals surface area contributed by atoms with Crippen LogP contribution in [0.25, 0.3) is 0 Å². The Morgan fingerprint density at radius 1 is 1.36 bits per heavy atom. The van der Waals surface area contributed by atoms with E-state index >= 15 is 0 Å². The van der Waals surface area contributed by atoms with Crippen molar-refractivity contribution in [2.45, 2.75) is 52.0 Å². The Hall–Kier alpha value is -0.0400. The average Bonchev–Trinajstić information content (AvgIpc) is 2.03. The first kappa shape index (κ1) is 9.05. The number of piperidine rings is 1. The highest BCUT2D eigenvalue weighted by molar-refractivity contribution is 4.72. The van der Waals surface area contributed by atoms with Gasteiger partial charge in [0, 0.05) is 6.04 Å². The first-order valence-electron chi connectivity index (χ1n) is 5.08. The third-order valence-corrected chi connectivity index (χ3v) is 2.74.